The standard InChI is InChI=1S/C22H22O4/c1-15-3-7-17(8-4-15)21(23)25-19-11-13-20(14-12-19)26-22(24)18-9-5-16(2)6-10-18/h3-5,7-11,13-14,16,19H,6,12H2,1-2H3. The highest BCUT2D eigenvalue weighted by Gasteiger charge is 2.18. The molecular weight excluding hydrogens is 328 g/mol. The van der Waals surface area contributed by atoms with Crippen LogP contribution in [0.25, 0.3) is 0 Å². The van der Waals surface area contributed by atoms with Crippen molar-refractivity contribution in [3.63, 3.8) is 0 Å². The van der Waals surface area contributed by atoms with Crippen LogP contribution in [0.1, 0.15) is 35.7 Å². The summed E-state index contributed by atoms with van der Waals surface area (Å²) in [6.07, 6.45) is 11.8. The third kappa shape index (κ3) is 4.60. The third-order valence-corrected chi connectivity index (χ3v) is 4.33. The van der Waals surface area contributed by atoms with Crippen LogP contribution in [-0.4, -0.2) is 18.0 Å². The smallest absolute Gasteiger partial charge is 0.343 e. The monoisotopic (exact) mass is 350 g/mol. The third-order valence-electron chi connectivity index (χ3n) is 4.33. The van der Waals surface area contributed by atoms with Gasteiger partial charge in [0.1, 0.15) is 11.9 Å². The first kappa shape index (κ1) is 17.9. The topological polar surface area (TPSA) is 52.6 Å². The highest BCUT2D eigenvalue weighted by molar-refractivity contribution is 5.92. The molecule has 2 aliphatic rings. The van der Waals surface area contributed by atoms with Crippen LogP contribution >= 0.6 is 0 Å². The van der Waals surface area contributed by atoms with Gasteiger partial charge in [-0.2, -0.15) is 0 Å². The molecule has 4 heteroatoms. The number of ether oxygens (including phenoxy) is 2. The number of benzene rings is 1. The molecule has 0 N–H and O–H groups in total. The van der Waals surface area contributed by atoms with Crippen molar-refractivity contribution in [3.8, 4) is 0 Å². The Hall–Kier alpha value is -2.88. The van der Waals surface area contributed by atoms with Gasteiger partial charge >= 0.3 is 11.9 Å². The van der Waals surface area contributed by atoms with E-state index in [0.29, 0.717) is 29.2 Å². The van der Waals surface area contributed by atoms with Crippen molar-refractivity contribution in [2.75, 3.05) is 0 Å². The molecule has 1 aromatic rings. The summed E-state index contributed by atoms with van der Waals surface area (Å²) < 4.78 is 10.9. The van der Waals surface area contributed by atoms with Crippen molar-refractivity contribution in [3.05, 3.63) is 83.2 Å². The second kappa shape index (κ2) is 8.00. The molecule has 0 spiro atoms. The van der Waals surface area contributed by atoms with E-state index in [-0.39, 0.29) is 18.0 Å². The van der Waals surface area contributed by atoms with Gasteiger partial charge in [0.15, 0.2) is 0 Å². The summed E-state index contributed by atoms with van der Waals surface area (Å²) in [5.41, 5.74) is 2.19. The minimum atomic E-state index is -0.362. The molecule has 0 aromatic heterocycles. The Bertz CT molecular complexity index is 809. The molecule has 0 amide bonds. The van der Waals surface area contributed by atoms with Gasteiger partial charge in [0.2, 0.25) is 0 Å². The number of aryl methyl sites for hydroxylation is 1. The van der Waals surface area contributed by atoms with Crippen LogP contribution in [0.3, 0.4) is 0 Å². The molecule has 2 aliphatic carbocycles. The molecule has 1 aromatic carbocycles. The van der Waals surface area contributed by atoms with E-state index >= 15 is 0 Å². The summed E-state index contributed by atoms with van der Waals surface area (Å²) in [7, 11) is 0. The average molecular weight is 350 g/mol. The van der Waals surface area contributed by atoms with Crippen molar-refractivity contribution in [2.45, 2.75) is 32.8 Å². The van der Waals surface area contributed by atoms with E-state index in [1.54, 1.807) is 36.4 Å². The molecular formula is C22H22O4. The molecule has 26 heavy (non-hydrogen) atoms. The summed E-state index contributed by atoms with van der Waals surface area (Å²) in [6.45, 7) is 4.06. The molecule has 134 valence electrons. The van der Waals surface area contributed by atoms with Crippen LogP contribution in [0.15, 0.2) is 72.1 Å². The van der Waals surface area contributed by atoms with Crippen LogP contribution in [0.4, 0.5) is 0 Å². The summed E-state index contributed by atoms with van der Waals surface area (Å²) in [5.74, 6) is 0.203. The summed E-state index contributed by atoms with van der Waals surface area (Å²) in [6, 6.07) is 7.25. The number of hydrogen-bond donors (Lipinski definition) is 0. The fourth-order valence-electron chi connectivity index (χ4n) is 2.68. The fourth-order valence-corrected chi connectivity index (χ4v) is 2.68. The second-order valence-corrected chi connectivity index (χ2v) is 6.63. The Balaban J connectivity index is 1.51. The number of rotatable bonds is 4. The van der Waals surface area contributed by atoms with E-state index in [0.717, 1.165) is 12.0 Å². The zero-order chi connectivity index (χ0) is 18.5. The number of allylic oxidation sites excluding steroid dienone is 3. The Morgan fingerprint density at radius 3 is 2.35 bits per heavy atom. The van der Waals surface area contributed by atoms with E-state index in [4.69, 9.17) is 9.47 Å². The zero-order valence-corrected chi connectivity index (χ0v) is 15.0. The van der Waals surface area contributed by atoms with Gasteiger partial charge in [-0.3, -0.25) is 0 Å². The average Bonchev–Trinajstić information content (AvgIpc) is 2.64. The van der Waals surface area contributed by atoms with E-state index in [2.05, 4.69) is 6.92 Å². The minimum Gasteiger partial charge on any atom is -0.454 e. The highest BCUT2D eigenvalue weighted by Crippen LogP contribution is 2.20. The summed E-state index contributed by atoms with van der Waals surface area (Å²) >= 11 is 0. The van der Waals surface area contributed by atoms with Gasteiger partial charge in [-0.15, -0.1) is 0 Å². The van der Waals surface area contributed by atoms with Crippen molar-refractivity contribution in [1.29, 1.82) is 0 Å². The normalized spacial score (nSPS) is 21.6. The van der Waals surface area contributed by atoms with Crippen LogP contribution in [0.2, 0.25) is 0 Å². The molecule has 4 nitrogen and oxygen atoms in total. The first-order chi connectivity index (χ1) is 12.5. The Kier molecular flexibility index (Phi) is 5.52. The van der Waals surface area contributed by atoms with Crippen molar-refractivity contribution < 1.29 is 19.1 Å². The molecule has 0 saturated carbocycles. The van der Waals surface area contributed by atoms with Crippen LogP contribution < -0.4 is 0 Å². The second-order valence-electron chi connectivity index (χ2n) is 6.63. The summed E-state index contributed by atoms with van der Waals surface area (Å²) in [5, 5.41) is 0. The number of hydrogen-bond acceptors (Lipinski definition) is 4. The molecule has 0 bridgehead atoms. The van der Waals surface area contributed by atoms with Crippen molar-refractivity contribution in [2.24, 2.45) is 5.92 Å². The lowest BCUT2D eigenvalue weighted by molar-refractivity contribution is -0.134. The maximum Gasteiger partial charge on any atom is 0.343 e. The van der Waals surface area contributed by atoms with Gasteiger partial charge < -0.3 is 9.47 Å². The quantitative estimate of drug-likeness (QED) is 0.754. The number of carbonyl (C=O) groups excluding carboxylic acids is 2. The van der Waals surface area contributed by atoms with Gasteiger partial charge in [-0.25, -0.2) is 9.59 Å². The lowest BCUT2D eigenvalue weighted by atomic mass is 9.99. The van der Waals surface area contributed by atoms with E-state index in [1.807, 2.05) is 31.2 Å². The zero-order valence-electron chi connectivity index (χ0n) is 15.0. The van der Waals surface area contributed by atoms with Crippen LogP contribution in [0, 0.1) is 12.8 Å². The van der Waals surface area contributed by atoms with Gasteiger partial charge in [-0.1, -0.05) is 42.8 Å². The van der Waals surface area contributed by atoms with Crippen molar-refractivity contribution in [1.82, 2.24) is 0 Å². The SMILES string of the molecule is Cc1ccc(C(=O)OC2C=CC(OC(=O)C3=CCC(C)C=C3)=CC2)cc1. The van der Waals surface area contributed by atoms with Gasteiger partial charge in [0.25, 0.3) is 0 Å². The predicted molar refractivity (Wildman–Crippen MR) is 99.3 cm³/mol. The first-order valence-electron chi connectivity index (χ1n) is 8.78. The lowest BCUT2D eigenvalue weighted by Gasteiger charge is -2.17. The predicted octanol–water partition coefficient (Wildman–Crippen LogP) is 4.43. The number of carbonyl (C=O) groups is 2. The van der Waals surface area contributed by atoms with E-state index in [1.165, 1.54) is 0 Å². The fraction of sp³-hybridized carbons (Fsp3) is 0.273. The molecule has 2 atom stereocenters. The minimum absolute atomic E-state index is 0.360. The maximum absolute atomic E-state index is 12.1. The molecule has 0 heterocycles. The van der Waals surface area contributed by atoms with E-state index in [9.17, 15) is 9.59 Å². The molecule has 2 unspecified atom stereocenters. The molecule has 0 aliphatic heterocycles. The van der Waals surface area contributed by atoms with Crippen LogP contribution in [-0.2, 0) is 14.3 Å². The van der Waals surface area contributed by atoms with Gasteiger partial charge in [0.05, 0.1) is 11.1 Å². The molecule has 0 fully saturated rings. The Morgan fingerprint density at radius 2 is 1.73 bits per heavy atom. The maximum atomic E-state index is 12.1. The first-order valence-corrected chi connectivity index (χ1v) is 8.78. The largest absolute Gasteiger partial charge is 0.454 e. The highest BCUT2D eigenvalue weighted by atomic mass is 16.5. The lowest BCUT2D eigenvalue weighted by Crippen LogP contribution is -2.18. The Morgan fingerprint density at radius 1 is 0.962 bits per heavy atom. The molecule has 3 rings (SSSR count). The summed E-state index contributed by atoms with van der Waals surface area (Å²) in [4.78, 5) is 24.3. The molecule has 0 radical (unpaired) electrons. The van der Waals surface area contributed by atoms with Crippen molar-refractivity contribution >= 4 is 11.9 Å². The van der Waals surface area contributed by atoms with Gasteiger partial charge in [-0.05, 0) is 49.6 Å². The molecule has 0 saturated heterocycles. The van der Waals surface area contributed by atoms with Crippen LogP contribution in [0.5, 0.6) is 0 Å². The number of esters is 2. The van der Waals surface area contributed by atoms with Gasteiger partial charge in [0, 0.05) is 6.42 Å². The Labute approximate surface area is 153 Å². The van der Waals surface area contributed by atoms with E-state index < -0.39 is 0 Å².